The highest BCUT2D eigenvalue weighted by Gasteiger charge is 2.41. The van der Waals surface area contributed by atoms with Gasteiger partial charge in [0.2, 0.25) is 0 Å². The Hall–Kier alpha value is -2.47. The summed E-state index contributed by atoms with van der Waals surface area (Å²) in [5, 5.41) is 10.7. The van der Waals surface area contributed by atoms with Gasteiger partial charge in [-0.2, -0.15) is 0 Å². The van der Waals surface area contributed by atoms with E-state index in [1.165, 1.54) is 24.3 Å². The first-order chi connectivity index (χ1) is 12.5. The van der Waals surface area contributed by atoms with E-state index in [4.69, 9.17) is 4.74 Å². The van der Waals surface area contributed by atoms with Gasteiger partial charge in [0.05, 0.1) is 11.4 Å². The molecule has 2 aromatic rings. The summed E-state index contributed by atoms with van der Waals surface area (Å²) in [4.78, 5) is 18.8. The summed E-state index contributed by atoms with van der Waals surface area (Å²) in [6, 6.07) is 7.42. The molecule has 0 unspecified atom stereocenters. The lowest BCUT2D eigenvalue weighted by atomic mass is 9.91. The van der Waals surface area contributed by atoms with Crippen LogP contribution in [0.25, 0.3) is 0 Å². The molecule has 0 radical (unpaired) electrons. The molecule has 1 amide bonds. The van der Waals surface area contributed by atoms with Crippen LogP contribution in [0.3, 0.4) is 0 Å². The second-order valence-corrected chi connectivity index (χ2v) is 8.54. The van der Waals surface area contributed by atoms with Crippen LogP contribution < -0.4 is 4.90 Å². The molecule has 0 saturated heterocycles. The fourth-order valence-electron chi connectivity index (χ4n) is 3.22. The first-order valence-corrected chi connectivity index (χ1v) is 8.92. The van der Waals surface area contributed by atoms with Crippen LogP contribution in [0.5, 0.6) is 0 Å². The summed E-state index contributed by atoms with van der Waals surface area (Å²) < 4.78 is 18.7. The van der Waals surface area contributed by atoms with Crippen molar-refractivity contribution in [2.75, 3.05) is 11.4 Å². The maximum absolute atomic E-state index is 13.1. The monoisotopic (exact) mass is 372 g/mol. The quantitative estimate of drug-likeness (QED) is 0.852. The third kappa shape index (κ3) is 3.95. The van der Waals surface area contributed by atoms with Gasteiger partial charge in [0, 0.05) is 23.7 Å². The number of benzene rings is 1. The van der Waals surface area contributed by atoms with E-state index < -0.39 is 17.8 Å². The molecule has 0 fully saturated rings. The van der Waals surface area contributed by atoms with Crippen molar-refractivity contribution in [1.29, 1.82) is 0 Å². The van der Waals surface area contributed by atoms with Gasteiger partial charge in [-0.1, -0.05) is 26.0 Å². The first-order valence-electron chi connectivity index (χ1n) is 8.92. The summed E-state index contributed by atoms with van der Waals surface area (Å²) in [6.45, 7) is 9.93. The van der Waals surface area contributed by atoms with Crippen molar-refractivity contribution in [1.82, 2.24) is 4.98 Å². The third-order valence-electron chi connectivity index (χ3n) is 4.49. The molecule has 6 heteroatoms. The Morgan fingerprint density at radius 2 is 1.89 bits per heavy atom. The summed E-state index contributed by atoms with van der Waals surface area (Å²) in [7, 11) is 0. The number of carbonyl (C=O) groups is 1. The fraction of sp³-hybridized carbons (Fsp3) is 0.429. The van der Waals surface area contributed by atoms with Gasteiger partial charge in [0.15, 0.2) is 0 Å². The second-order valence-electron chi connectivity index (χ2n) is 8.54. The molecule has 0 spiro atoms. The van der Waals surface area contributed by atoms with Gasteiger partial charge in [0.25, 0.3) is 0 Å². The van der Waals surface area contributed by atoms with Crippen LogP contribution in [0.1, 0.15) is 57.5 Å². The molecular formula is C21H25FN2O3. The molecule has 144 valence electrons. The number of hydrogen-bond acceptors (Lipinski definition) is 4. The van der Waals surface area contributed by atoms with E-state index >= 15 is 0 Å². The molecule has 1 N–H and O–H groups in total. The Kier molecular flexibility index (Phi) is 4.72. The third-order valence-corrected chi connectivity index (χ3v) is 4.49. The Morgan fingerprint density at radius 3 is 2.48 bits per heavy atom. The minimum Gasteiger partial charge on any atom is -0.443 e. The molecule has 3 rings (SSSR count). The molecule has 1 aliphatic heterocycles. The number of halogens is 1. The van der Waals surface area contributed by atoms with Gasteiger partial charge in [-0.25, -0.2) is 9.18 Å². The van der Waals surface area contributed by atoms with Crippen molar-refractivity contribution in [3.8, 4) is 0 Å². The lowest BCUT2D eigenvalue weighted by molar-refractivity contribution is 0.0579. The van der Waals surface area contributed by atoms with Gasteiger partial charge >= 0.3 is 6.09 Å². The standard InChI is InChI=1S/C21H25FN2O3/c1-20(2,3)27-19(26)24-12-21(4,5)18-16(24)10-14(11-23-18)17(25)13-6-8-15(22)9-7-13/h6-11,17,25H,12H2,1-5H3/t17-/m0/s1. The number of aromatic nitrogens is 1. The number of aliphatic hydroxyl groups is 1. The van der Waals surface area contributed by atoms with Crippen molar-refractivity contribution in [2.45, 2.75) is 51.7 Å². The molecule has 0 saturated carbocycles. The minimum atomic E-state index is -0.965. The van der Waals surface area contributed by atoms with Gasteiger partial charge in [-0.3, -0.25) is 9.88 Å². The molecule has 5 nitrogen and oxygen atoms in total. The Balaban J connectivity index is 1.97. The summed E-state index contributed by atoms with van der Waals surface area (Å²) >= 11 is 0. The lowest BCUT2D eigenvalue weighted by Gasteiger charge is -2.25. The number of aliphatic hydroxyl groups excluding tert-OH is 1. The normalized spacial score (nSPS) is 16.8. The van der Waals surface area contributed by atoms with Crippen molar-refractivity contribution in [3.05, 3.63) is 59.2 Å². The topological polar surface area (TPSA) is 62.7 Å². The van der Waals surface area contributed by atoms with E-state index in [9.17, 15) is 14.3 Å². The highest BCUT2D eigenvalue weighted by Crippen LogP contribution is 2.41. The van der Waals surface area contributed by atoms with E-state index in [2.05, 4.69) is 4.98 Å². The van der Waals surface area contributed by atoms with E-state index in [1.807, 2.05) is 34.6 Å². The van der Waals surface area contributed by atoms with Gasteiger partial charge in [-0.15, -0.1) is 0 Å². The van der Waals surface area contributed by atoms with Gasteiger partial charge in [0.1, 0.15) is 17.5 Å². The predicted molar refractivity (Wildman–Crippen MR) is 101 cm³/mol. The van der Waals surface area contributed by atoms with Crippen LogP contribution in [0, 0.1) is 5.82 Å². The lowest BCUT2D eigenvalue weighted by Crippen LogP contribution is -2.38. The number of ether oxygens (including phenoxy) is 1. The number of carbonyl (C=O) groups excluding carboxylic acids is 1. The number of fused-ring (bicyclic) bond motifs is 1. The van der Waals surface area contributed by atoms with Crippen molar-refractivity contribution in [2.24, 2.45) is 0 Å². The number of rotatable bonds is 2. The highest BCUT2D eigenvalue weighted by molar-refractivity contribution is 5.91. The predicted octanol–water partition coefficient (Wildman–Crippen LogP) is 4.34. The van der Waals surface area contributed by atoms with Crippen LogP contribution in [0.4, 0.5) is 14.9 Å². The number of amides is 1. The molecular weight excluding hydrogens is 347 g/mol. The summed E-state index contributed by atoms with van der Waals surface area (Å²) in [6.07, 6.45) is 0.199. The van der Waals surface area contributed by atoms with Crippen LogP contribution >= 0.6 is 0 Å². The number of anilines is 1. The SMILES string of the molecule is CC(C)(C)OC(=O)N1CC(C)(C)c2ncc([C@@H](O)c3ccc(F)cc3)cc21. The summed E-state index contributed by atoms with van der Waals surface area (Å²) in [5.41, 5.74) is 1.57. The largest absolute Gasteiger partial charge is 0.443 e. The number of pyridine rings is 1. The van der Waals surface area contributed by atoms with Crippen LogP contribution in [0.15, 0.2) is 36.5 Å². The summed E-state index contributed by atoms with van der Waals surface area (Å²) in [5.74, 6) is -0.365. The zero-order valence-electron chi connectivity index (χ0n) is 16.3. The Morgan fingerprint density at radius 1 is 1.26 bits per heavy atom. The number of hydrogen-bond donors (Lipinski definition) is 1. The van der Waals surface area contributed by atoms with Crippen molar-refractivity contribution < 1.29 is 19.0 Å². The van der Waals surface area contributed by atoms with Crippen LogP contribution in [0.2, 0.25) is 0 Å². The minimum absolute atomic E-state index is 0.328. The second kappa shape index (κ2) is 6.60. The Labute approximate surface area is 158 Å². The molecule has 0 bridgehead atoms. The molecule has 1 aromatic carbocycles. The average Bonchev–Trinajstić information content (AvgIpc) is 2.84. The van der Waals surface area contributed by atoms with Crippen LogP contribution in [-0.4, -0.2) is 28.3 Å². The van der Waals surface area contributed by atoms with E-state index in [-0.39, 0.29) is 11.2 Å². The molecule has 0 aliphatic carbocycles. The smallest absolute Gasteiger partial charge is 0.414 e. The maximum atomic E-state index is 13.1. The average molecular weight is 372 g/mol. The zero-order valence-corrected chi connectivity index (χ0v) is 16.3. The maximum Gasteiger partial charge on any atom is 0.414 e. The van der Waals surface area contributed by atoms with E-state index in [0.29, 0.717) is 23.4 Å². The van der Waals surface area contributed by atoms with Crippen molar-refractivity contribution in [3.63, 3.8) is 0 Å². The molecule has 2 heterocycles. The fourth-order valence-corrected chi connectivity index (χ4v) is 3.22. The molecule has 1 atom stereocenters. The first kappa shape index (κ1) is 19.3. The van der Waals surface area contributed by atoms with E-state index in [0.717, 1.165) is 5.69 Å². The molecule has 27 heavy (non-hydrogen) atoms. The number of nitrogens with zero attached hydrogens (tertiary/aromatic N) is 2. The van der Waals surface area contributed by atoms with Crippen LogP contribution in [-0.2, 0) is 10.2 Å². The Bertz CT molecular complexity index is 857. The van der Waals surface area contributed by atoms with E-state index in [1.54, 1.807) is 17.2 Å². The van der Waals surface area contributed by atoms with Gasteiger partial charge in [-0.05, 0) is 44.5 Å². The van der Waals surface area contributed by atoms with Gasteiger partial charge < -0.3 is 9.84 Å². The zero-order chi connectivity index (χ0) is 20.0. The molecule has 1 aliphatic rings. The molecule has 1 aromatic heterocycles. The highest BCUT2D eigenvalue weighted by atomic mass is 19.1. The van der Waals surface area contributed by atoms with Crippen molar-refractivity contribution >= 4 is 11.8 Å².